The molecule has 106 valence electrons. The lowest BCUT2D eigenvalue weighted by molar-refractivity contribution is -0.385. The Morgan fingerprint density at radius 3 is 2.63 bits per heavy atom. The van der Waals surface area contributed by atoms with Crippen LogP contribution in [0.25, 0.3) is 0 Å². The number of anilines is 1. The van der Waals surface area contributed by atoms with Gasteiger partial charge in [-0.05, 0) is 35.3 Å². The molecule has 0 aliphatic rings. The first-order chi connectivity index (χ1) is 8.70. The number of nitro benzene ring substituents is 1. The molecule has 1 aromatic rings. The summed E-state index contributed by atoms with van der Waals surface area (Å²) in [5.74, 6) is -0.108. The van der Waals surface area contributed by atoms with E-state index in [9.17, 15) is 18.5 Å². The first-order valence-corrected chi connectivity index (χ1v) is 7.90. The summed E-state index contributed by atoms with van der Waals surface area (Å²) in [5, 5.41) is 18.6. The molecule has 19 heavy (non-hydrogen) atoms. The van der Waals surface area contributed by atoms with Crippen molar-refractivity contribution in [3.63, 3.8) is 0 Å². The highest BCUT2D eigenvalue weighted by atomic mass is 79.9. The molecule has 0 saturated heterocycles. The molecule has 0 radical (unpaired) electrons. The summed E-state index contributed by atoms with van der Waals surface area (Å²) in [6.45, 7) is 2.05. The van der Waals surface area contributed by atoms with Crippen LogP contribution >= 0.6 is 15.9 Å². The maximum atomic E-state index is 10.7. The van der Waals surface area contributed by atoms with E-state index in [0.717, 1.165) is 0 Å². The molecule has 1 rings (SSSR count). The normalized spacial score (nSPS) is 11.3. The van der Waals surface area contributed by atoms with Crippen LogP contribution in [0.2, 0.25) is 0 Å². The lowest BCUT2D eigenvalue weighted by Crippen LogP contribution is -2.18. The summed E-state index contributed by atoms with van der Waals surface area (Å²) in [4.78, 5) is 10.3. The number of benzene rings is 1. The van der Waals surface area contributed by atoms with Crippen LogP contribution in [0.3, 0.4) is 0 Å². The summed E-state index contributed by atoms with van der Waals surface area (Å²) in [5.41, 5.74) is 1.24. The summed E-state index contributed by atoms with van der Waals surface area (Å²) in [7, 11) is -3.46. The van der Waals surface area contributed by atoms with E-state index in [1.54, 1.807) is 13.0 Å². The van der Waals surface area contributed by atoms with Crippen LogP contribution in [-0.4, -0.2) is 25.6 Å². The third-order valence-corrected chi connectivity index (χ3v) is 3.92. The molecule has 0 aliphatic carbocycles. The third-order valence-electron chi connectivity index (χ3n) is 2.40. The smallest absolute Gasteiger partial charge is 0.273 e. The number of nitrogens with one attached hydrogen (secondary N) is 1. The Kier molecular flexibility index (Phi) is 5.27. The van der Waals surface area contributed by atoms with Gasteiger partial charge in [-0.3, -0.25) is 10.1 Å². The molecule has 0 heterocycles. The number of primary sulfonamides is 1. The van der Waals surface area contributed by atoms with E-state index in [0.29, 0.717) is 28.7 Å². The summed E-state index contributed by atoms with van der Waals surface area (Å²) < 4.78 is 22.1. The van der Waals surface area contributed by atoms with E-state index in [1.165, 1.54) is 6.07 Å². The lowest BCUT2D eigenvalue weighted by Gasteiger charge is -2.09. The van der Waals surface area contributed by atoms with Crippen molar-refractivity contribution in [3.8, 4) is 0 Å². The maximum absolute atomic E-state index is 10.7. The van der Waals surface area contributed by atoms with Crippen molar-refractivity contribution in [1.82, 2.24) is 0 Å². The molecule has 0 fully saturated rings. The molecular weight excluding hydrogens is 338 g/mol. The van der Waals surface area contributed by atoms with E-state index in [1.807, 2.05) is 0 Å². The third kappa shape index (κ3) is 5.13. The van der Waals surface area contributed by atoms with E-state index < -0.39 is 14.9 Å². The van der Waals surface area contributed by atoms with E-state index in [4.69, 9.17) is 5.14 Å². The first-order valence-electron chi connectivity index (χ1n) is 5.39. The maximum Gasteiger partial charge on any atom is 0.273 e. The number of aryl methyl sites for hydroxylation is 1. The molecule has 9 heteroatoms. The number of nitrogens with zero attached hydrogens (tertiary/aromatic N) is 1. The second-order valence-electron chi connectivity index (χ2n) is 4.02. The molecule has 0 unspecified atom stereocenters. The van der Waals surface area contributed by atoms with Crippen molar-refractivity contribution in [1.29, 1.82) is 0 Å². The van der Waals surface area contributed by atoms with Crippen LogP contribution in [0, 0.1) is 17.0 Å². The number of nitro groups is 1. The molecule has 0 atom stereocenters. The Labute approximate surface area is 119 Å². The van der Waals surface area contributed by atoms with Gasteiger partial charge in [-0.1, -0.05) is 0 Å². The van der Waals surface area contributed by atoms with Crippen LogP contribution in [0.1, 0.15) is 12.0 Å². The summed E-state index contributed by atoms with van der Waals surface area (Å²) in [6, 6.07) is 3.05. The fraction of sp³-hybridized carbons (Fsp3) is 0.400. The highest BCUT2D eigenvalue weighted by Gasteiger charge is 2.13. The molecule has 0 bridgehead atoms. The second kappa shape index (κ2) is 6.31. The van der Waals surface area contributed by atoms with Crippen molar-refractivity contribution in [3.05, 3.63) is 32.3 Å². The first kappa shape index (κ1) is 15.9. The lowest BCUT2D eigenvalue weighted by atomic mass is 10.2. The largest absolute Gasteiger partial charge is 0.384 e. The van der Waals surface area contributed by atoms with Gasteiger partial charge in [0.1, 0.15) is 0 Å². The number of rotatable bonds is 6. The Morgan fingerprint density at radius 2 is 2.11 bits per heavy atom. The zero-order valence-corrected chi connectivity index (χ0v) is 12.6. The molecule has 1 aromatic carbocycles. The molecular formula is C10H14BrN3O4S. The molecule has 0 aliphatic heterocycles. The Balaban J connectivity index is 2.70. The van der Waals surface area contributed by atoms with Crippen LogP contribution in [0.15, 0.2) is 16.6 Å². The van der Waals surface area contributed by atoms with Crippen LogP contribution in [0.4, 0.5) is 11.4 Å². The van der Waals surface area contributed by atoms with Gasteiger partial charge in [0, 0.05) is 28.3 Å². The van der Waals surface area contributed by atoms with Gasteiger partial charge in [0.05, 0.1) is 10.7 Å². The average Bonchev–Trinajstić information content (AvgIpc) is 2.26. The van der Waals surface area contributed by atoms with E-state index in [2.05, 4.69) is 21.2 Å². The Bertz CT molecular complexity index is 589. The second-order valence-corrected chi connectivity index (χ2v) is 6.61. The van der Waals surface area contributed by atoms with Crippen molar-refractivity contribution in [2.45, 2.75) is 13.3 Å². The van der Waals surface area contributed by atoms with Gasteiger partial charge in [-0.2, -0.15) is 0 Å². The average molecular weight is 352 g/mol. The molecule has 0 spiro atoms. The predicted octanol–water partition coefficient (Wildman–Crippen LogP) is 1.76. The fourth-order valence-corrected chi connectivity index (χ4v) is 2.52. The Morgan fingerprint density at radius 1 is 1.47 bits per heavy atom. The zero-order chi connectivity index (χ0) is 14.6. The topological polar surface area (TPSA) is 115 Å². The van der Waals surface area contributed by atoms with Crippen molar-refractivity contribution >= 4 is 37.3 Å². The highest BCUT2D eigenvalue weighted by molar-refractivity contribution is 9.10. The standard InChI is InChI=1S/C10H14BrN3O4S/c1-7-5-9(8(11)6-10(7)14(15)16)13-3-2-4-19(12,17)18/h5-6,13H,2-4H2,1H3,(H2,12,17,18). The monoisotopic (exact) mass is 351 g/mol. The number of nitrogens with two attached hydrogens (primary N) is 1. The molecule has 7 nitrogen and oxygen atoms in total. The molecule has 0 saturated carbocycles. The summed E-state index contributed by atoms with van der Waals surface area (Å²) >= 11 is 3.23. The van der Waals surface area contributed by atoms with Crippen LogP contribution in [-0.2, 0) is 10.0 Å². The minimum Gasteiger partial charge on any atom is -0.384 e. The van der Waals surface area contributed by atoms with Crippen LogP contribution in [0.5, 0.6) is 0 Å². The van der Waals surface area contributed by atoms with Gasteiger partial charge in [-0.15, -0.1) is 0 Å². The van der Waals surface area contributed by atoms with E-state index >= 15 is 0 Å². The SMILES string of the molecule is Cc1cc(NCCCS(N)(=O)=O)c(Br)cc1[N+](=O)[O-]. The van der Waals surface area contributed by atoms with Crippen LogP contribution < -0.4 is 10.5 Å². The van der Waals surface area contributed by atoms with Gasteiger partial charge in [0.15, 0.2) is 0 Å². The Hall–Kier alpha value is -1.19. The molecule has 3 N–H and O–H groups in total. The molecule has 0 aromatic heterocycles. The molecule has 0 amide bonds. The quantitative estimate of drug-likeness (QED) is 0.460. The van der Waals surface area contributed by atoms with Crippen molar-refractivity contribution < 1.29 is 13.3 Å². The van der Waals surface area contributed by atoms with Gasteiger partial charge in [0.25, 0.3) is 5.69 Å². The number of hydrogen-bond acceptors (Lipinski definition) is 5. The highest BCUT2D eigenvalue weighted by Crippen LogP contribution is 2.30. The number of sulfonamides is 1. The minimum absolute atomic E-state index is 0.0296. The van der Waals surface area contributed by atoms with E-state index in [-0.39, 0.29) is 11.4 Å². The van der Waals surface area contributed by atoms with Crippen molar-refractivity contribution in [2.75, 3.05) is 17.6 Å². The van der Waals surface area contributed by atoms with Gasteiger partial charge < -0.3 is 5.32 Å². The fourth-order valence-electron chi connectivity index (χ4n) is 1.50. The summed E-state index contributed by atoms with van der Waals surface area (Å²) in [6.07, 6.45) is 0.362. The predicted molar refractivity (Wildman–Crippen MR) is 76.6 cm³/mol. The minimum atomic E-state index is -3.46. The van der Waals surface area contributed by atoms with Crippen molar-refractivity contribution in [2.24, 2.45) is 5.14 Å². The number of hydrogen-bond donors (Lipinski definition) is 2. The van der Waals surface area contributed by atoms with Gasteiger partial charge in [0.2, 0.25) is 10.0 Å². The zero-order valence-electron chi connectivity index (χ0n) is 10.2. The van der Waals surface area contributed by atoms with Gasteiger partial charge in [-0.25, -0.2) is 13.6 Å². The number of halogens is 1. The van der Waals surface area contributed by atoms with Gasteiger partial charge >= 0.3 is 0 Å².